The molecule has 0 spiro atoms. The molecule has 2 saturated carbocycles. The van der Waals surface area contributed by atoms with Gasteiger partial charge in [0.15, 0.2) is 0 Å². The van der Waals surface area contributed by atoms with Gasteiger partial charge in [-0.25, -0.2) is 0 Å². The molecule has 180 valence electrons. The number of hydrogen-bond acceptors (Lipinski definition) is 0. The van der Waals surface area contributed by atoms with E-state index in [2.05, 4.69) is 102 Å². The van der Waals surface area contributed by atoms with Crippen molar-refractivity contribution in [3.63, 3.8) is 0 Å². The van der Waals surface area contributed by atoms with E-state index in [4.69, 9.17) is 0 Å². The average Bonchev–Trinajstić information content (AvgIpc) is 3.54. The average molecular weight is 574 g/mol. The van der Waals surface area contributed by atoms with Crippen LogP contribution in [0.15, 0.2) is 91.0 Å². The Hall–Kier alpha value is -1.76. The van der Waals surface area contributed by atoms with Gasteiger partial charge in [-0.2, -0.15) is 49.2 Å². The van der Waals surface area contributed by atoms with Crippen molar-refractivity contribution < 1.29 is 26.2 Å². The zero-order valence-electron chi connectivity index (χ0n) is 22.0. The predicted octanol–water partition coefficient (Wildman–Crippen LogP) is 8.52. The molecule has 0 nitrogen and oxygen atoms in total. The maximum absolute atomic E-state index is 3.72. The molecule has 10 radical (unpaired) electrons. The summed E-state index contributed by atoms with van der Waals surface area (Å²) in [5, 5.41) is 0. The van der Waals surface area contributed by atoms with E-state index in [1.807, 2.05) is 60.7 Å². The smallest absolute Gasteiger partial charge is 0.199 e. The Morgan fingerprint density at radius 1 is 0.622 bits per heavy atom. The van der Waals surface area contributed by atoms with Gasteiger partial charge < -0.3 is 0 Å². The van der Waals surface area contributed by atoms with Gasteiger partial charge in [-0.15, -0.1) is 24.3 Å². The van der Waals surface area contributed by atoms with E-state index in [0.717, 1.165) is 11.1 Å². The van der Waals surface area contributed by atoms with Gasteiger partial charge in [-0.3, -0.25) is 0 Å². The van der Waals surface area contributed by atoms with Crippen LogP contribution in [0.25, 0.3) is 6.08 Å². The molecule has 2 fully saturated rings. The van der Waals surface area contributed by atoms with Crippen LogP contribution >= 0.6 is 0 Å². The summed E-state index contributed by atoms with van der Waals surface area (Å²) in [5.41, 5.74) is 7.97. The Labute approximate surface area is 247 Å². The number of benzene rings is 3. The molecule has 0 N–H and O–H groups in total. The van der Waals surface area contributed by atoms with Crippen LogP contribution in [-0.4, -0.2) is 8.07 Å². The molecule has 0 bridgehead atoms. The normalized spacial score (nSPS) is 18.0. The van der Waals surface area contributed by atoms with Crippen LogP contribution in [-0.2, 0) is 26.2 Å². The first kappa shape index (κ1) is 29.8. The third kappa shape index (κ3) is 7.42. The molecule has 0 unspecified atom stereocenters. The van der Waals surface area contributed by atoms with E-state index in [-0.39, 0.29) is 26.2 Å². The number of hydrogen-bond donors (Lipinski definition) is 0. The van der Waals surface area contributed by atoms with Crippen LogP contribution in [0.3, 0.4) is 0 Å². The Balaban J connectivity index is 0.000000208. The Morgan fingerprint density at radius 2 is 1.14 bits per heavy atom. The predicted molar refractivity (Wildman–Crippen MR) is 157 cm³/mol. The molecule has 3 aliphatic carbocycles. The summed E-state index contributed by atoms with van der Waals surface area (Å²) >= 11 is 0. The monoisotopic (exact) mass is 572 g/mol. The Morgan fingerprint density at radius 3 is 1.65 bits per heavy atom. The van der Waals surface area contributed by atoms with Gasteiger partial charge in [0.05, 0.1) is 8.07 Å². The van der Waals surface area contributed by atoms with Gasteiger partial charge >= 0.3 is 26.2 Å². The molecule has 3 aromatic carbocycles. The molecule has 0 heterocycles. The first-order valence-corrected chi connectivity index (χ1v) is 15.4. The zero-order chi connectivity index (χ0) is 25.5. The molecule has 0 atom stereocenters. The SMILES string of the molecule is C[C]1[CH][C]2[C](C=Cc3ccccc32)[C]1[Si](C)(C)[C]1[CH][CH][CH][CH]1.[CH2-]c1ccccc1.[CH2-]c1ccccc1.[Zr+4]. The third-order valence-corrected chi connectivity index (χ3v) is 10.4. The quantitative estimate of drug-likeness (QED) is 0.213. The standard InChI is InChI=1S/C21H20Si.2C7H7.Zr/c1-15-14-20-18-11-7-4-8-16(18)12-13-19(20)21(15)22(2,3)17-9-5-6-10-17;2*1-7-5-3-2-4-6-7;/h4-14H,1-3H3;2*2-6H,1H2;/q;2*-1;+4. The summed E-state index contributed by atoms with van der Waals surface area (Å²) in [6.45, 7) is 14.7. The molecule has 3 aromatic rings. The second-order valence-corrected chi connectivity index (χ2v) is 14.0. The minimum atomic E-state index is -1.65. The van der Waals surface area contributed by atoms with Crippen LogP contribution in [0.5, 0.6) is 0 Å². The molecule has 3 aliphatic rings. The molecule has 6 rings (SSSR count). The van der Waals surface area contributed by atoms with E-state index in [9.17, 15) is 0 Å². The molecular formula is C35H34SiZr+2. The minimum Gasteiger partial charge on any atom is -0.199 e. The van der Waals surface area contributed by atoms with Crippen LogP contribution in [0.2, 0.25) is 13.1 Å². The number of fused-ring (bicyclic) bond motifs is 3. The van der Waals surface area contributed by atoms with Crippen molar-refractivity contribution in [3.05, 3.63) is 188 Å². The summed E-state index contributed by atoms with van der Waals surface area (Å²) < 4.78 is 0. The summed E-state index contributed by atoms with van der Waals surface area (Å²) in [6, 6.07) is 28.5. The van der Waals surface area contributed by atoms with Crippen molar-refractivity contribution in [2.75, 3.05) is 0 Å². The fraction of sp³-hybridized carbons (Fsp3) is 0.0857. The molecule has 0 saturated heterocycles. The first-order valence-electron chi connectivity index (χ1n) is 12.4. The van der Waals surface area contributed by atoms with Crippen molar-refractivity contribution in [1.82, 2.24) is 0 Å². The van der Waals surface area contributed by atoms with Crippen molar-refractivity contribution in [2.45, 2.75) is 20.0 Å². The van der Waals surface area contributed by atoms with Crippen LogP contribution in [0.1, 0.15) is 29.2 Å². The summed E-state index contributed by atoms with van der Waals surface area (Å²) in [4.78, 5) is 0. The summed E-state index contributed by atoms with van der Waals surface area (Å²) in [5.74, 6) is 4.32. The van der Waals surface area contributed by atoms with E-state index >= 15 is 0 Å². The zero-order valence-corrected chi connectivity index (χ0v) is 25.5. The fourth-order valence-electron chi connectivity index (χ4n) is 4.89. The molecule has 0 aliphatic heterocycles. The van der Waals surface area contributed by atoms with Gasteiger partial charge in [-0.05, 0) is 60.2 Å². The molecular weight excluding hydrogens is 540 g/mol. The van der Waals surface area contributed by atoms with Crippen LogP contribution in [0.4, 0.5) is 0 Å². The second-order valence-electron chi connectivity index (χ2n) is 9.72. The van der Waals surface area contributed by atoms with Gasteiger partial charge in [-0.1, -0.05) is 68.6 Å². The second kappa shape index (κ2) is 13.9. The maximum Gasteiger partial charge on any atom is 4.00 e. The van der Waals surface area contributed by atoms with E-state index in [0.29, 0.717) is 0 Å². The number of allylic oxidation sites excluding steroid dienone is 1. The summed E-state index contributed by atoms with van der Waals surface area (Å²) in [6.07, 6.45) is 15.9. The van der Waals surface area contributed by atoms with E-state index < -0.39 is 8.07 Å². The maximum atomic E-state index is 3.72. The summed E-state index contributed by atoms with van der Waals surface area (Å²) in [7, 11) is -1.65. The Bertz CT molecular complexity index is 1060. The van der Waals surface area contributed by atoms with Crippen molar-refractivity contribution in [1.29, 1.82) is 0 Å². The van der Waals surface area contributed by atoms with Crippen molar-refractivity contribution >= 4 is 14.1 Å². The Kier molecular flexibility index (Phi) is 11.2. The van der Waals surface area contributed by atoms with Gasteiger partial charge in [0.25, 0.3) is 0 Å². The van der Waals surface area contributed by atoms with E-state index in [1.54, 1.807) is 5.54 Å². The molecule has 37 heavy (non-hydrogen) atoms. The first-order chi connectivity index (χ1) is 17.4. The van der Waals surface area contributed by atoms with Gasteiger partial charge in [0.2, 0.25) is 0 Å². The minimum absolute atomic E-state index is 0. The van der Waals surface area contributed by atoms with Crippen molar-refractivity contribution in [2.24, 2.45) is 0 Å². The van der Waals surface area contributed by atoms with Crippen LogP contribution < -0.4 is 0 Å². The van der Waals surface area contributed by atoms with Crippen LogP contribution in [0, 0.1) is 74.8 Å². The number of rotatable bonds is 2. The third-order valence-electron chi connectivity index (χ3n) is 6.69. The fourth-order valence-corrected chi connectivity index (χ4v) is 8.15. The van der Waals surface area contributed by atoms with Crippen molar-refractivity contribution in [3.8, 4) is 0 Å². The van der Waals surface area contributed by atoms with Gasteiger partial charge in [0, 0.05) is 11.8 Å². The largest absolute Gasteiger partial charge is 4.00 e. The molecule has 0 amide bonds. The van der Waals surface area contributed by atoms with E-state index in [1.165, 1.54) is 34.4 Å². The molecule has 2 heteroatoms. The van der Waals surface area contributed by atoms with Gasteiger partial charge in [0.1, 0.15) is 0 Å². The molecule has 0 aromatic heterocycles. The topological polar surface area (TPSA) is 0 Å².